The topological polar surface area (TPSA) is 105 Å². The monoisotopic (exact) mass is 351 g/mol. The van der Waals surface area contributed by atoms with Crippen molar-refractivity contribution in [3.05, 3.63) is 45.5 Å². The lowest BCUT2D eigenvalue weighted by Crippen LogP contribution is -2.32. The Balaban J connectivity index is 3.27. The van der Waals surface area contributed by atoms with Crippen LogP contribution in [0.15, 0.2) is 29.8 Å². The van der Waals surface area contributed by atoms with E-state index in [9.17, 15) is 19.7 Å². The number of hydrogen-bond acceptors (Lipinski definition) is 7. The Morgan fingerprint density at radius 1 is 1.16 bits per heavy atom. The van der Waals surface area contributed by atoms with Gasteiger partial charge in [-0.05, 0) is 32.4 Å². The number of benzene rings is 1. The van der Waals surface area contributed by atoms with Crippen molar-refractivity contribution >= 4 is 23.5 Å². The van der Waals surface area contributed by atoms with Gasteiger partial charge in [0.05, 0.1) is 11.5 Å². The molecule has 0 aliphatic carbocycles. The molecule has 1 aromatic carbocycles. The maximum absolute atomic E-state index is 12.6. The first kappa shape index (κ1) is 20.5. The van der Waals surface area contributed by atoms with Gasteiger partial charge in [-0.2, -0.15) is 0 Å². The summed E-state index contributed by atoms with van der Waals surface area (Å²) in [6.45, 7) is 5.48. The average molecular weight is 351 g/mol. The van der Waals surface area contributed by atoms with Crippen LogP contribution in [0.1, 0.15) is 26.3 Å². The molecule has 0 heterocycles. The fourth-order valence-electron chi connectivity index (χ4n) is 1.96. The van der Waals surface area contributed by atoms with Gasteiger partial charge in [0.25, 0.3) is 5.69 Å². The zero-order valence-corrected chi connectivity index (χ0v) is 14.4. The molecule has 0 spiro atoms. The predicted octanol–water partition coefficient (Wildman–Crippen LogP) is 2.51. The highest BCUT2D eigenvalue weighted by Gasteiger charge is 2.28. The second-order valence-electron chi connectivity index (χ2n) is 4.74. The van der Waals surface area contributed by atoms with E-state index < -0.39 is 23.0 Å². The molecule has 8 nitrogen and oxygen atoms in total. The SMILES string of the molecule is CCOC(=O)C(=Cc1cccc([N+](=O)[O-])c1)C(=O)C(OCC)OCC. The van der Waals surface area contributed by atoms with E-state index in [4.69, 9.17) is 14.2 Å². The van der Waals surface area contributed by atoms with E-state index in [1.54, 1.807) is 20.8 Å². The van der Waals surface area contributed by atoms with Crippen LogP contribution in [0, 0.1) is 10.1 Å². The number of rotatable bonds is 10. The van der Waals surface area contributed by atoms with E-state index in [-0.39, 0.29) is 31.1 Å². The van der Waals surface area contributed by atoms with Crippen LogP contribution in [0.25, 0.3) is 6.08 Å². The van der Waals surface area contributed by atoms with Gasteiger partial charge in [0.15, 0.2) is 0 Å². The molecule has 0 saturated carbocycles. The number of carbonyl (C=O) groups excluding carboxylic acids is 2. The van der Waals surface area contributed by atoms with Crippen molar-refractivity contribution in [2.45, 2.75) is 27.1 Å². The van der Waals surface area contributed by atoms with Gasteiger partial charge in [-0.25, -0.2) is 4.79 Å². The largest absolute Gasteiger partial charge is 0.462 e. The fraction of sp³-hybridized carbons (Fsp3) is 0.412. The number of ether oxygens (including phenoxy) is 3. The van der Waals surface area contributed by atoms with Crippen LogP contribution < -0.4 is 0 Å². The number of nitro benzene ring substituents is 1. The molecule has 136 valence electrons. The van der Waals surface area contributed by atoms with Crippen molar-refractivity contribution < 1.29 is 28.7 Å². The molecule has 0 aliphatic heterocycles. The number of nitro groups is 1. The predicted molar refractivity (Wildman–Crippen MR) is 89.8 cm³/mol. The van der Waals surface area contributed by atoms with Gasteiger partial charge >= 0.3 is 5.97 Å². The summed E-state index contributed by atoms with van der Waals surface area (Å²) in [4.78, 5) is 35.1. The minimum atomic E-state index is -1.25. The Morgan fingerprint density at radius 3 is 2.32 bits per heavy atom. The molecule has 0 amide bonds. The average Bonchev–Trinajstić information content (AvgIpc) is 2.59. The molecule has 0 fully saturated rings. The Morgan fingerprint density at radius 2 is 1.80 bits per heavy atom. The van der Waals surface area contributed by atoms with Gasteiger partial charge in [-0.15, -0.1) is 0 Å². The molecule has 0 aromatic heterocycles. The van der Waals surface area contributed by atoms with Crippen LogP contribution in [0.4, 0.5) is 5.69 Å². The highest BCUT2D eigenvalue weighted by atomic mass is 16.7. The van der Waals surface area contributed by atoms with Gasteiger partial charge in [-0.1, -0.05) is 12.1 Å². The second kappa shape index (κ2) is 10.3. The number of nitrogens with zero attached hydrogens (tertiary/aromatic N) is 1. The minimum Gasteiger partial charge on any atom is -0.462 e. The summed E-state index contributed by atoms with van der Waals surface area (Å²) < 4.78 is 15.4. The minimum absolute atomic E-state index is 0.0757. The molecule has 1 rings (SSSR count). The van der Waals surface area contributed by atoms with Gasteiger partial charge < -0.3 is 14.2 Å². The highest BCUT2D eigenvalue weighted by Crippen LogP contribution is 2.18. The number of hydrogen-bond donors (Lipinski definition) is 0. The number of carbonyl (C=O) groups is 2. The van der Waals surface area contributed by atoms with E-state index in [1.807, 2.05) is 0 Å². The van der Waals surface area contributed by atoms with Gasteiger partial charge in [-0.3, -0.25) is 14.9 Å². The molecule has 0 N–H and O–H groups in total. The van der Waals surface area contributed by atoms with Crippen LogP contribution in [0.3, 0.4) is 0 Å². The maximum Gasteiger partial charge on any atom is 0.341 e. The Bertz CT molecular complexity index is 648. The van der Waals surface area contributed by atoms with Crippen molar-refractivity contribution in [1.82, 2.24) is 0 Å². The maximum atomic E-state index is 12.6. The lowest BCUT2D eigenvalue weighted by Gasteiger charge is -2.16. The smallest absolute Gasteiger partial charge is 0.341 e. The van der Waals surface area contributed by atoms with Crippen LogP contribution in [0.5, 0.6) is 0 Å². The normalized spacial score (nSPS) is 11.4. The van der Waals surface area contributed by atoms with E-state index in [1.165, 1.54) is 30.3 Å². The third-order valence-corrected chi connectivity index (χ3v) is 3.00. The van der Waals surface area contributed by atoms with Gasteiger partial charge in [0, 0.05) is 25.3 Å². The molecular weight excluding hydrogens is 330 g/mol. The van der Waals surface area contributed by atoms with Crippen molar-refractivity contribution in [3.8, 4) is 0 Å². The highest BCUT2D eigenvalue weighted by molar-refractivity contribution is 6.21. The van der Waals surface area contributed by atoms with Crippen molar-refractivity contribution in [2.75, 3.05) is 19.8 Å². The van der Waals surface area contributed by atoms with Gasteiger partial charge in [0.2, 0.25) is 12.1 Å². The summed E-state index contributed by atoms with van der Waals surface area (Å²) in [6, 6.07) is 5.56. The van der Waals surface area contributed by atoms with Crippen LogP contribution in [-0.4, -0.2) is 42.8 Å². The summed E-state index contributed by atoms with van der Waals surface area (Å²) in [6.07, 6.45) is -0.0115. The summed E-state index contributed by atoms with van der Waals surface area (Å²) in [5.74, 6) is -1.54. The first-order chi connectivity index (χ1) is 11.9. The first-order valence-electron chi connectivity index (χ1n) is 7.85. The van der Waals surface area contributed by atoms with Crippen molar-refractivity contribution in [2.24, 2.45) is 0 Å². The molecule has 0 saturated heterocycles. The molecule has 0 aliphatic rings. The Labute approximate surface area is 145 Å². The quantitative estimate of drug-likeness (QED) is 0.121. The molecule has 0 atom stereocenters. The zero-order chi connectivity index (χ0) is 18.8. The summed E-state index contributed by atoms with van der Waals surface area (Å²) in [7, 11) is 0. The standard InChI is InChI=1S/C17H21NO7/c1-4-23-16(20)14(15(19)17(24-5-2)25-6-3)11-12-8-7-9-13(10-12)18(21)22/h7-11,17H,4-6H2,1-3H3. The third kappa shape index (κ3) is 6.09. The summed E-state index contributed by atoms with van der Waals surface area (Å²) in [5, 5.41) is 10.9. The molecule has 25 heavy (non-hydrogen) atoms. The number of esters is 1. The molecule has 0 unspecified atom stereocenters. The van der Waals surface area contributed by atoms with E-state index >= 15 is 0 Å². The van der Waals surface area contributed by atoms with Crippen LogP contribution in [0.2, 0.25) is 0 Å². The third-order valence-electron chi connectivity index (χ3n) is 3.00. The fourth-order valence-corrected chi connectivity index (χ4v) is 1.96. The molecule has 0 radical (unpaired) electrons. The van der Waals surface area contributed by atoms with Crippen molar-refractivity contribution in [3.63, 3.8) is 0 Å². The van der Waals surface area contributed by atoms with Crippen LogP contribution >= 0.6 is 0 Å². The van der Waals surface area contributed by atoms with Crippen molar-refractivity contribution in [1.29, 1.82) is 0 Å². The second-order valence-corrected chi connectivity index (χ2v) is 4.74. The lowest BCUT2D eigenvalue weighted by molar-refractivity contribution is -0.384. The van der Waals surface area contributed by atoms with Crippen LogP contribution in [-0.2, 0) is 23.8 Å². The molecule has 1 aromatic rings. The first-order valence-corrected chi connectivity index (χ1v) is 7.85. The molecule has 0 bridgehead atoms. The number of Topliss-reactive ketones (excluding diaryl/α,β-unsaturated/α-hetero) is 1. The van der Waals surface area contributed by atoms with E-state index in [2.05, 4.69) is 0 Å². The molecule has 8 heteroatoms. The number of non-ortho nitro benzene ring substituents is 1. The molecular formula is C17H21NO7. The summed E-state index contributed by atoms with van der Waals surface area (Å²) >= 11 is 0. The van der Waals surface area contributed by atoms with Gasteiger partial charge in [0.1, 0.15) is 5.57 Å². The lowest BCUT2D eigenvalue weighted by atomic mass is 10.1. The zero-order valence-electron chi connectivity index (χ0n) is 14.4. The Hall–Kier alpha value is -2.58. The number of ketones is 1. The van der Waals surface area contributed by atoms with E-state index in [0.29, 0.717) is 5.56 Å². The summed E-state index contributed by atoms with van der Waals surface area (Å²) in [5.41, 5.74) is -0.137. The Kier molecular flexibility index (Phi) is 8.45. The van der Waals surface area contributed by atoms with E-state index in [0.717, 1.165) is 0 Å².